The van der Waals surface area contributed by atoms with E-state index in [0.29, 0.717) is 28.1 Å². The molecule has 3 aromatic rings. The summed E-state index contributed by atoms with van der Waals surface area (Å²) in [6, 6.07) is 7.43. The van der Waals surface area contributed by atoms with Gasteiger partial charge in [0.2, 0.25) is 5.95 Å². The van der Waals surface area contributed by atoms with Gasteiger partial charge in [0.1, 0.15) is 11.3 Å². The number of benzene rings is 1. The molecule has 0 bridgehead atoms. The van der Waals surface area contributed by atoms with Crippen LogP contribution in [0.25, 0.3) is 16.5 Å². The van der Waals surface area contributed by atoms with Crippen molar-refractivity contribution >= 4 is 45.9 Å². The maximum Gasteiger partial charge on any atom is 0.227 e. The van der Waals surface area contributed by atoms with Gasteiger partial charge in [-0.3, -0.25) is 4.99 Å². The van der Waals surface area contributed by atoms with Crippen LogP contribution in [0.4, 0.5) is 11.6 Å². The van der Waals surface area contributed by atoms with Gasteiger partial charge in [0.15, 0.2) is 5.15 Å². The molecule has 0 spiro atoms. The Kier molecular flexibility index (Phi) is 5.28. The summed E-state index contributed by atoms with van der Waals surface area (Å²) in [6.45, 7) is 0. The molecule has 3 N–H and O–H groups in total. The number of allylic oxidation sites excluding steroid dienone is 1. The first-order chi connectivity index (χ1) is 12.7. The summed E-state index contributed by atoms with van der Waals surface area (Å²) < 4.78 is 5.47. The lowest BCUT2D eigenvalue weighted by atomic mass is 10.1. The Bertz CT molecular complexity index is 1000. The molecule has 0 aliphatic rings. The Morgan fingerprint density at radius 3 is 2.88 bits per heavy atom. The van der Waals surface area contributed by atoms with Gasteiger partial charge in [-0.2, -0.15) is 0 Å². The number of hydrogen-bond donors (Lipinski definition) is 2. The number of nitrogens with one attached hydrogen (secondary N) is 1. The van der Waals surface area contributed by atoms with Crippen molar-refractivity contribution in [3.63, 3.8) is 0 Å². The fourth-order valence-corrected chi connectivity index (χ4v) is 2.64. The zero-order valence-corrected chi connectivity index (χ0v) is 15.0. The minimum Gasteiger partial charge on any atom is -0.495 e. The zero-order chi connectivity index (χ0) is 18.5. The van der Waals surface area contributed by atoms with Crippen molar-refractivity contribution in [1.82, 2.24) is 15.0 Å². The zero-order valence-electron chi connectivity index (χ0n) is 14.3. The molecule has 2 aromatic heterocycles. The molecule has 132 valence electrons. The number of methoxy groups -OCH3 is 1. The molecule has 0 fully saturated rings. The highest BCUT2D eigenvalue weighted by molar-refractivity contribution is 6.33. The van der Waals surface area contributed by atoms with Crippen molar-refractivity contribution in [3.05, 3.63) is 53.6 Å². The first-order valence-corrected chi connectivity index (χ1v) is 8.10. The van der Waals surface area contributed by atoms with E-state index in [4.69, 9.17) is 22.1 Å². The van der Waals surface area contributed by atoms with Crippen LogP contribution in [0.3, 0.4) is 0 Å². The van der Waals surface area contributed by atoms with Crippen molar-refractivity contribution in [2.75, 3.05) is 19.5 Å². The van der Waals surface area contributed by atoms with Crippen LogP contribution >= 0.6 is 11.6 Å². The van der Waals surface area contributed by atoms with Gasteiger partial charge in [0.05, 0.1) is 12.8 Å². The molecule has 0 aliphatic carbocycles. The van der Waals surface area contributed by atoms with Gasteiger partial charge in [0, 0.05) is 42.8 Å². The maximum atomic E-state index is 6.11. The van der Waals surface area contributed by atoms with Crippen LogP contribution in [0.5, 0.6) is 5.75 Å². The lowest BCUT2D eigenvalue weighted by Gasteiger charge is -2.12. The topological polar surface area (TPSA) is 98.3 Å². The van der Waals surface area contributed by atoms with Crippen LogP contribution in [0.1, 0.15) is 5.56 Å². The first kappa shape index (κ1) is 17.6. The van der Waals surface area contributed by atoms with Gasteiger partial charge in [-0.25, -0.2) is 15.0 Å². The smallest absolute Gasteiger partial charge is 0.227 e. The van der Waals surface area contributed by atoms with Crippen molar-refractivity contribution in [3.8, 4) is 5.75 Å². The lowest BCUT2D eigenvalue weighted by Crippen LogP contribution is -2.01. The highest BCUT2D eigenvalue weighted by atomic mass is 35.5. The summed E-state index contributed by atoms with van der Waals surface area (Å²) >= 11 is 6.11. The Labute approximate surface area is 155 Å². The SMILES string of the molecule is CN=CC(=CN)c1ccc(Nc2ncc3ccnc(Cl)c3n2)c(OC)c1. The molecule has 0 atom stereocenters. The van der Waals surface area contributed by atoms with Crippen LogP contribution in [0.2, 0.25) is 5.15 Å². The second-order valence-corrected chi connectivity index (χ2v) is 5.64. The summed E-state index contributed by atoms with van der Waals surface area (Å²) in [5.74, 6) is 1.01. The second kappa shape index (κ2) is 7.79. The number of nitrogens with two attached hydrogens (primary N) is 1. The number of fused-ring (bicyclic) bond motifs is 1. The van der Waals surface area contributed by atoms with Gasteiger partial charge in [-0.1, -0.05) is 17.7 Å². The van der Waals surface area contributed by atoms with Crippen LogP contribution in [-0.2, 0) is 0 Å². The fourth-order valence-electron chi connectivity index (χ4n) is 2.43. The fraction of sp³-hybridized carbons (Fsp3) is 0.111. The number of aliphatic imine (C=N–C) groups is 1. The van der Waals surface area contributed by atoms with E-state index >= 15 is 0 Å². The van der Waals surface area contributed by atoms with Gasteiger partial charge in [-0.15, -0.1) is 0 Å². The monoisotopic (exact) mass is 368 g/mol. The van der Waals surface area contributed by atoms with E-state index in [0.717, 1.165) is 16.5 Å². The van der Waals surface area contributed by atoms with Crippen molar-refractivity contribution < 1.29 is 4.74 Å². The number of halogens is 1. The molecule has 0 aliphatic heterocycles. The molecule has 0 amide bonds. The summed E-state index contributed by atoms with van der Waals surface area (Å²) in [5, 5.41) is 4.28. The maximum absolute atomic E-state index is 6.11. The molecular weight excluding hydrogens is 352 g/mol. The van der Waals surface area contributed by atoms with Crippen LogP contribution in [0, 0.1) is 0 Å². The Balaban J connectivity index is 1.96. The van der Waals surface area contributed by atoms with Gasteiger partial charge >= 0.3 is 0 Å². The first-order valence-electron chi connectivity index (χ1n) is 7.73. The summed E-state index contributed by atoms with van der Waals surface area (Å²) in [6.07, 6.45) is 6.48. The molecule has 0 unspecified atom stereocenters. The van der Waals surface area contributed by atoms with Crippen molar-refractivity contribution in [1.29, 1.82) is 0 Å². The molecule has 2 heterocycles. The molecule has 0 saturated heterocycles. The largest absolute Gasteiger partial charge is 0.495 e. The van der Waals surface area contributed by atoms with Gasteiger partial charge in [-0.05, 0) is 23.8 Å². The minimum absolute atomic E-state index is 0.326. The second-order valence-electron chi connectivity index (χ2n) is 5.28. The predicted octanol–water partition coefficient (Wildman–Crippen LogP) is 3.43. The molecule has 8 heteroatoms. The number of anilines is 2. The molecule has 7 nitrogen and oxygen atoms in total. The molecule has 26 heavy (non-hydrogen) atoms. The number of hydrogen-bond acceptors (Lipinski definition) is 7. The summed E-state index contributed by atoms with van der Waals surface area (Å²) in [7, 11) is 3.28. The number of pyridine rings is 1. The van der Waals surface area contributed by atoms with Crippen LogP contribution in [-0.4, -0.2) is 35.3 Å². The Morgan fingerprint density at radius 1 is 1.31 bits per heavy atom. The minimum atomic E-state index is 0.326. The summed E-state index contributed by atoms with van der Waals surface area (Å²) in [4.78, 5) is 16.8. The van der Waals surface area contributed by atoms with E-state index in [-0.39, 0.29) is 0 Å². The van der Waals surface area contributed by atoms with E-state index < -0.39 is 0 Å². The molecule has 0 radical (unpaired) electrons. The number of rotatable bonds is 5. The van der Waals surface area contributed by atoms with Gasteiger partial charge in [0.25, 0.3) is 0 Å². The molecule has 0 saturated carbocycles. The van der Waals surface area contributed by atoms with E-state index in [1.165, 1.54) is 6.20 Å². The quantitative estimate of drug-likeness (QED) is 0.528. The van der Waals surface area contributed by atoms with Crippen LogP contribution in [0.15, 0.2) is 47.9 Å². The third-order valence-corrected chi connectivity index (χ3v) is 3.96. The van der Waals surface area contributed by atoms with E-state index in [1.54, 1.807) is 38.8 Å². The summed E-state index contributed by atoms with van der Waals surface area (Å²) in [5.41, 5.74) is 8.62. The molecule has 1 aromatic carbocycles. The highest BCUT2D eigenvalue weighted by Gasteiger charge is 2.10. The van der Waals surface area contributed by atoms with Crippen LogP contribution < -0.4 is 15.8 Å². The van der Waals surface area contributed by atoms with Crippen molar-refractivity contribution in [2.45, 2.75) is 0 Å². The van der Waals surface area contributed by atoms with E-state index in [1.807, 2.05) is 18.2 Å². The predicted molar refractivity (Wildman–Crippen MR) is 105 cm³/mol. The third-order valence-electron chi connectivity index (χ3n) is 3.68. The number of nitrogens with zero attached hydrogens (tertiary/aromatic N) is 4. The van der Waals surface area contributed by atoms with Gasteiger partial charge < -0.3 is 15.8 Å². The Morgan fingerprint density at radius 2 is 2.15 bits per heavy atom. The normalized spacial score (nSPS) is 11.9. The highest BCUT2D eigenvalue weighted by Crippen LogP contribution is 2.30. The number of aromatic nitrogens is 3. The number of ether oxygens (including phenoxy) is 1. The lowest BCUT2D eigenvalue weighted by molar-refractivity contribution is 0.416. The average molecular weight is 369 g/mol. The molecule has 3 rings (SSSR count). The molecular formula is C18H17ClN6O. The van der Waals surface area contributed by atoms with E-state index in [2.05, 4.69) is 25.3 Å². The van der Waals surface area contributed by atoms with Crippen molar-refractivity contribution in [2.24, 2.45) is 10.7 Å². The van der Waals surface area contributed by atoms with E-state index in [9.17, 15) is 0 Å². The standard InChI is InChI=1S/C18H17ClN6O/c1-21-9-13(8-20)11-3-4-14(15(7-11)26-2)24-18-23-10-12-5-6-22-17(19)16(12)25-18/h3-10H,20H2,1-2H3,(H,23,24,25). The third kappa shape index (κ3) is 3.57. The average Bonchev–Trinajstić information content (AvgIpc) is 2.67. The Hall–Kier alpha value is -3.19.